The van der Waals surface area contributed by atoms with Crippen LogP contribution in [0.15, 0.2) is 36.0 Å². The van der Waals surface area contributed by atoms with Crippen LogP contribution in [0.25, 0.3) is 0 Å². The van der Waals surface area contributed by atoms with Crippen LogP contribution in [0.3, 0.4) is 0 Å². The molecule has 1 saturated heterocycles. The highest BCUT2D eigenvalue weighted by atomic mass is 16.6. The summed E-state index contributed by atoms with van der Waals surface area (Å²) in [4.78, 5) is 26.4. The SMILES string of the molecule is CCc1ccc(C(C)NC(=O)/C(C#N)=C\NC2CCN(C(=O)OC(C)(C)C)CC2)cc1. The molecule has 2 rings (SSSR count). The van der Waals surface area contributed by atoms with Gasteiger partial charge in [0, 0.05) is 25.3 Å². The Morgan fingerprint density at radius 2 is 1.87 bits per heavy atom. The minimum atomic E-state index is -0.515. The fraction of sp³-hybridized carbons (Fsp3) is 0.542. The van der Waals surface area contributed by atoms with E-state index in [1.807, 2.05) is 58.0 Å². The Kier molecular flexibility index (Phi) is 8.49. The van der Waals surface area contributed by atoms with Gasteiger partial charge in [0.25, 0.3) is 5.91 Å². The van der Waals surface area contributed by atoms with Crippen molar-refractivity contribution >= 4 is 12.0 Å². The van der Waals surface area contributed by atoms with Crippen LogP contribution in [-0.4, -0.2) is 41.6 Å². The van der Waals surface area contributed by atoms with Crippen LogP contribution in [0.4, 0.5) is 4.79 Å². The second-order valence-corrected chi connectivity index (χ2v) is 8.87. The van der Waals surface area contributed by atoms with E-state index < -0.39 is 11.5 Å². The number of hydrogen-bond acceptors (Lipinski definition) is 5. The summed E-state index contributed by atoms with van der Waals surface area (Å²) in [6, 6.07) is 9.95. The summed E-state index contributed by atoms with van der Waals surface area (Å²) in [6.07, 6.45) is 3.58. The molecule has 1 aliphatic heterocycles. The van der Waals surface area contributed by atoms with E-state index in [1.165, 1.54) is 11.8 Å². The molecule has 2 N–H and O–H groups in total. The topological polar surface area (TPSA) is 94.5 Å². The molecule has 31 heavy (non-hydrogen) atoms. The zero-order chi connectivity index (χ0) is 23.0. The van der Waals surface area contributed by atoms with E-state index in [9.17, 15) is 14.9 Å². The van der Waals surface area contributed by atoms with Crippen molar-refractivity contribution in [3.8, 4) is 6.07 Å². The van der Waals surface area contributed by atoms with Crippen molar-refractivity contribution in [3.63, 3.8) is 0 Å². The van der Waals surface area contributed by atoms with Gasteiger partial charge in [0.1, 0.15) is 17.2 Å². The van der Waals surface area contributed by atoms with Crippen molar-refractivity contribution in [3.05, 3.63) is 47.2 Å². The number of carbonyl (C=O) groups is 2. The number of benzene rings is 1. The number of nitrogens with one attached hydrogen (secondary N) is 2. The molecule has 0 radical (unpaired) electrons. The Hall–Kier alpha value is -3.01. The summed E-state index contributed by atoms with van der Waals surface area (Å²) >= 11 is 0. The van der Waals surface area contributed by atoms with Gasteiger partial charge in [-0.05, 0) is 58.1 Å². The first-order valence-electron chi connectivity index (χ1n) is 10.9. The lowest BCUT2D eigenvalue weighted by atomic mass is 10.0. The van der Waals surface area contributed by atoms with Gasteiger partial charge in [-0.25, -0.2) is 4.79 Å². The number of aryl methyl sites for hydroxylation is 1. The van der Waals surface area contributed by atoms with E-state index >= 15 is 0 Å². The highest BCUT2D eigenvalue weighted by Gasteiger charge is 2.26. The number of nitrogens with zero attached hydrogens (tertiary/aromatic N) is 2. The first kappa shape index (κ1) is 24.3. The van der Waals surface area contributed by atoms with Crippen LogP contribution in [0, 0.1) is 11.3 Å². The third-order valence-corrected chi connectivity index (χ3v) is 5.21. The van der Waals surface area contributed by atoms with Gasteiger partial charge >= 0.3 is 6.09 Å². The van der Waals surface area contributed by atoms with Crippen LogP contribution in [0.2, 0.25) is 0 Å². The zero-order valence-corrected chi connectivity index (χ0v) is 19.2. The normalized spacial score (nSPS) is 16.3. The second-order valence-electron chi connectivity index (χ2n) is 8.87. The summed E-state index contributed by atoms with van der Waals surface area (Å²) in [5, 5.41) is 15.5. The van der Waals surface area contributed by atoms with E-state index in [0.29, 0.717) is 13.1 Å². The average Bonchev–Trinajstić information content (AvgIpc) is 2.73. The molecule has 7 nitrogen and oxygen atoms in total. The van der Waals surface area contributed by atoms with E-state index in [-0.39, 0.29) is 23.8 Å². The minimum Gasteiger partial charge on any atom is -0.444 e. The number of ether oxygens (including phenoxy) is 1. The smallest absolute Gasteiger partial charge is 0.410 e. The number of piperidine rings is 1. The number of nitriles is 1. The van der Waals surface area contributed by atoms with Gasteiger partial charge in [-0.1, -0.05) is 31.2 Å². The van der Waals surface area contributed by atoms with E-state index in [0.717, 1.165) is 24.8 Å². The standard InChI is InChI=1S/C24H34N4O3/c1-6-18-7-9-19(10-8-18)17(2)27-22(29)20(15-25)16-26-21-11-13-28(14-12-21)23(30)31-24(3,4)5/h7-10,16-17,21,26H,6,11-14H2,1-5H3,(H,27,29)/b20-16-. The first-order valence-corrected chi connectivity index (χ1v) is 10.9. The molecule has 1 aromatic carbocycles. The van der Waals surface area contributed by atoms with Crippen molar-refractivity contribution in [1.29, 1.82) is 5.26 Å². The van der Waals surface area contributed by atoms with Crippen molar-refractivity contribution < 1.29 is 14.3 Å². The fourth-order valence-corrected chi connectivity index (χ4v) is 3.30. The molecule has 2 amide bonds. The molecule has 1 aliphatic rings. The van der Waals surface area contributed by atoms with Gasteiger partial charge < -0.3 is 20.3 Å². The largest absolute Gasteiger partial charge is 0.444 e. The summed E-state index contributed by atoms with van der Waals surface area (Å²) in [7, 11) is 0. The lowest BCUT2D eigenvalue weighted by Crippen LogP contribution is -2.45. The number of rotatable bonds is 6. The van der Waals surface area contributed by atoms with Crippen LogP contribution >= 0.6 is 0 Å². The van der Waals surface area contributed by atoms with Gasteiger partial charge in [-0.15, -0.1) is 0 Å². The molecule has 1 atom stereocenters. The molecule has 0 saturated carbocycles. The maximum absolute atomic E-state index is 12.5. The Labute approximate surface area is 185 Å². The lowest BCUT2D eigenvalue weighted by molar-refractivity contribution is -0.117. The predicted molar refractivity (Wildman–Crippen MR) is 120 cm³/mol. The van der Waals surface area contributed by atoms with Crippen molar-refractivity contribution in [2.75, 3.05) is 13.1 Å². The van der Waals surface area contributed by atoms with Gasteiger partial charge in [-0.3, -0.25) is 4.79 Å². The Morgan fingerprint density at radius 1 is 1.26 bits per heavy atom. The maximum atomic E-state index is 12.5. The monoisotopic (exact) mass is 426 g/mol. The highest BCUT2D eigenvalue weighted by Crippen LogP contribution is 2.16. The number of likely N-dealkylation sites (tertiary alicyclic amines) is 1. The summed E-state index contributed by atoms with van der Waals surface area (Å²) in [5.74, 6) is -0.409. The fourth-order valence-electron chi connectivity index (χ4n) is 3.30. The lowest BCUT2D eigenvalue weighted by Gasteiger charge is -2.33. The average molecular weight is 427 g/mol. The molecule has 0 aromatic heterocycles. The van der Waals surface area contributed by atoms with Crippen LogP contribution in [0.5, 0.6) is 0 Å². The van der Waals surface area contributed by atoms with Crippen molar-refractivity contribution in [2.45, 2.75) is 71.6 Å². The number of hydrogen-bond donors (Lipinski definition) is 2. The van der Waals surface area contributed by atoms with Crippen LogP contribution < -0.4 is 10.6 Å². The molecule has 1 unspecified atom stereocenters. The maximum Gasteiger partial charge on any atom is 0.410 e. The molecular weight excluding hydrogens is 392 g/mol. The molecule has 168 valence electrons. The molecule has 7 heteroatoms. The second kappa shape index (κ2) is 10.9. The summed E-state index contributed by atoms with van der Waals surface area (Å²) in [5.41, 5.74) is 1.75. The third kappa shape index (κ3) is 7.63. The number of amides is 2. The van der Waals surface area contributed by atoms with Gasteiger partial charge in [0.15, 0.2) is 0 Å². The van der Waals surface area contributed by atoms with Crippen molar-refractivity contribution in [1.82, 2.24) is 15.5 Å². The molecular formula is C24H34N4O3. The third-order valence-electron chi connectivity index (χ3n) is 5.21. The molecule has 0 bridgehead atoms. The summed E-state index contributed by atoms with van der Waals surface area (Å²) < 4.78 is 5.40. The molecule has 1 heterocycles. The Balaban J connectivity index is 1.86. The van der Waals surface area contributed by atoms with Gasteiger partial charge in [-0.2, -0.15) is 5.26 Å². The highest BCUT2D eigenvalue weighted by molar-refractivity contribution is 5.97. The quantitative estimate of drug-likeness (QED) is 0.533. The molecule has 0 spiro atoms. The first-order chi connectivity index (χ1) is 14.6. The minimum absolute atomic E-state index is 0.0339. The Morgan fingerprint density at radius 3 is 2.39 bits per heavy atom. The molecule has 1 aromatic rings. The van der Waals surface area contributed by atoms with Gasteiger partial charge in [0.05, 0.1) is 6.04 Å². The molecule has 0 aliphatic carbocycles. The van der Waals surface area contributed by atoms with Crippen LogP contribution in [-0.2, 0) is 16.0 Å². The van der Waals surface area contributed by atoms with E-state index in [4.69, 9.17) is 4.74 Å². The number of carbonyl (C=O) groups excluding carboxylic acids is 2. The van der Waals surface area contributed by atoms with Gasteiger partial charge in [0.2, 0.25) is 0 Å². The Bertz CT molecular complexity index is 826. The zero-order valence-electron chi connectivity index (χ0n) is 19.2. The predicted octanol–water partition coefficient (Wildman–Crippen LogP) is 3.82. The van der Waals surface area contributed by atoms with E-state index in [2.05, 4.69) is 17.6 Å². The van der Waals surface area contributed by atoms with E-state index in [1.54, 1.807) is 4.90 Å². The van der Waals surface area contributed by atoms with Crippen molar-refractivity contribution in [2.24, 2.45) is 0 Å². The molecule has 1 fully saturated rings. The van der Waals surface area contributed by atoms with Crippen LogP contribution in [0.1, 0.15) is 64.6 Å². The summed E-state index contributed by atoms with van der Waals surface area (Å²) in [6.45, 7) is 10.7.